The van der Waals surface area contributed by atoms with Gasteiger partial charge in [-0.2, -0.15) is 4.98 Å². The number of para-hydroxylation sites is 1. The Morgan fingerprint density at radius 3 is 2.55 bits per heavy atom. The van der Waals surface area contributed by atoms with Gasteiger partial charge in [-0.3, -0.25) is 4.90 Å². The summed E-state index contributed by atoms with van der Waals surface area (Å²) in [7, 11) is 0. The fourth-order valence-electron chi connectivity index (χ4n) is 4.82. The van der Waals surface area contributed by atoms with E-state index >= 15 is 0 Å². The highest BCUT2D eigenvalue weighted by Gasteiger charge is 2.28. The van der Waals surface area contributed by atoms with Crippen molar-refractivity contribution >= 4 is 23.8 Å². The van der Waals surface area contributed by atoms with Crippen LogP contribution in [0.25, 0.3) is 6.08 Å². The van der Waals surface area contributed by atoms with Crippen molar-refractivity contribution in [1.29, 1.82) is 0 Å². The third-order valence-electron chi connectivity index (χ3n) is 6.76. The van der Waals surface area contributed by atoms with E-state index in [-0.39, 0.29) is 0 Å². The lowest BCUT2D eigenvalue weighted by atomic mass is 10.0. The summed E-state index contributed by atoms with van der Waals surface area (Å²) in [5.41, 5.74) is 0.909. The van der Waals surface area contributed by atoms with Crippen molar-refractivity contribution in [2.75, 3.05) is 63.1 Å². The van der Waals surface area contributed by atoms with Crippen molar-refractivity contribution in [3.05, 3.63) is 47.0 Å². The highest BCUT2D eigenvalue weighted by Crippen LogP contribution is 2.27. The summed E-state index contributed by atoms with van der Waals surface area (Å²) >= 11 is 1.83. The van der Waals surface area contributed by atoms with E-state index in [4.69, 9.17) is 14.7 Å². The van der Waals surface area contributed by atoms with Gasteiger partial charge in [0.15, 0.2) is 0 Å². The first-order valence-electron chi connectivity index (χ1n) is 12.1. The molecule has 176 valence electrons. The molecule has 3 aliphatic rings. The molecule has 0 bridgehead atoms. The molecule has 0 saturated carbocycles. The first-order chi connectivity index (χ1) is 16.3. The number of thioether (sulfide) groups is 1. The smallest absolute Gasteiger partial charge is 0.229 e. The maximum atomic E-state index is 6.11. The number of rotatable bonds is 6. The molecular formula is C25H34N6OS. The Morgan fingerprint density at radius 2 is 1.85 bits per heavy atom. The van der Waals surface area contributed by atoms with Crippen molar-refractivity contribution in [1.82, 2.24) is 25.1 Å². The Morgan fingerprint density at radius 1 is 1.06 bits per heavy atom. The second-order valence-corrected chi connectivity index (χ2v) is 9.96. The molecule has 0 atom stereocenters. The predicted molar refractivity (Wildman–Crippen MR) is 136 cm³/mol. The van der Waals surface area contributed by atoms with E-state index in [0.29, 0.717) is 5.88 Å². The van der Waals surface area contributed by atoms with Gasteiger partial charge in [-0.05, 0) is 50.7 Å². The van der Waals surface area contributed by atoms with Crippen LogP contribution in [-0.4, -0.2) is 84.0 Å². The van der Waals surface area contributed by atoms with Gasteiger partial charge in [0.2, 0.25) is 11.8 Å². The quantitative estimate of drug-likeness (QED) is 0.694. The Kier molecular flexibility index (Phi) is 7.46. The number of aromatic nitrogens is 2. The number of piperidine rings is 1. The molecule has 0 unspecified atom stereocenters. The van der Waals surface area contributed by atoms with Crippen LogP contribution < -0.4 is 15.0 Å². The van der Waals surface area contributed by atoms with Gasteiger partial charge in [0.1, 0.15) is 5.75 Å². The molecule has 8 heteroatoms. The largest absolute Gasteiger partial charge is 0.439 e. The van der Waals surface area contributed by atoms with Gasteiger partial charge in [-0.15, -0.1) is 11.8 Å². The van der Waals surface area contributed by atoms with Gasteiger partial charge in [0, 0.05) is 55.6 Å². The summed E-state index contributed by atoms with van der Waals surface area (Å²) in [6.45, 7) is 10.8. The molecule has 4 heterocycles. The molecule has 1 aromatic heterocycles. The van der Waals surface area contributed by atoms with Crippen LogP contribution in [0.2, 0.25) is 0 Å². The Labute approximate surface area is 201 Å². The number of benzene rings is 1. The normalized spacial score (nSPS) is 22.2. The van der Waals surface area contributed by atoms with E-state index in [1.54, 1.807) is 0 Å². The lowest BCUT2D eigenvalue weighted by molar-refractivity contribution is 0.106. The topological polar surface area (TPSA) is 56.8 Å². The molecule has 0 spiro atoms. The zero-order chi connectivity index (χ0) is 22.5. The van der Waals surface area contributed by atoms with E-state index in [9.17, 15) is 0 Å². The van der Waals surface area contributed by atoms with Crippen LogP contribution in [0.4, 0.5) is 5.95 Å². The molecule has 3 aliphatic heterocycles. The summed E-state index contributed by atoms with van der Waals surface area (Å²) in [4.78, 5) is 18.6. The lowest BCUT2D eigenvalue weighted by Crippen LogP contribution is -2.53. The van der Waals surface area contributed by atoms with Crippen molar-refractivity contribution in [2.24, 2.45) is 0 Å². The molecule has 3 fully saturated rings. The molecule has 0 aliphatic carbocycles. The van der Waals surface area contributed by atoms with Gasteiger partial charge < -0.3 is 19.9 Å². The number of nitrogens with one attached hydrogen (secondary N) is 1. The highest BCUT2D eigenvalue weighted by atomic mass is 32.2. The average molecular weight is 467 g/mol. The van der Waals surface area contributed by atoms with Crippen LogP contribution in [0.3, 0.4) is 0 Å². The number of hydrogen-bond donors (Lipinski definition) is 1. The van der Waals surface area contributed by atoms with Gasteiger partial charge in [-0.1, -0.05) is 25.1 Å². The number of hydrogen-bond acceptors (Lipinski definition) is 8. The predicted octanol–water partition coefficient (Wildman–Crippen LogP) is 3.51. The molecule has 0 amide bonds. The van der Waals surface area contributed by atoms with E-state index in [0.717, 1.165) is 62.0 Å². The van der Waals surface area contributed by atoms with Crippen molar-refractivity contribution in [3.8, 4) is 11.6 Å². The molecule has 7 nitrogen and oxygen atoms in total. The van der Waals surface area contributed by atoms with Crippen LogP contribution in [0, 0.1) is 0 Å². The number of ether oxygens (including phenoxy) is 1. The zero-order valence-electron chi connectivity index (χ0n) is 19.4. The molecule has 3 saturated heterocycles. The highest BCUT2D eigenvalue weighted by molar-refractivity contribution is 8.03. The minimum absolute atomic E-state index is 0.600. The van der Waals surface area contributed by atoms with E-state index in [1.165, 1.54) is 37.4 Å². The monoisotopic (exact) mass is 466 g/mol. The van der Waals surface area contributed by atoms with Crippen LogP contribution in [0.15, 0.2) is 41.3 Å². The summed E-state index contributed by atoms with van der Waals surface area (Å²) in [6, 6.07) is 12.5. The summed E-state index contributed by atoms with van der Waals surface area (Å²) in [5, 5.41) is 3.37. The molecule has 5 rings (SSSR count). The third kappa shape index (κ3) is 5.87. The molecule has 0 radical (unpaired) electrons. The number of nitrogens with zero attached hydrogens (tertiary/aromatic N) is 5. The second kappa shape index (κ2) is 10.9. The van der Waals surface area contributed by atoms with Crippen LogP contribution in [0.5, 0.6) is 11.6 Å². The van der Waals surface area contributed by atoms with Crippen molar-refractivity contribution in [2.45, 2.75) is 25.8 Å². The van der Waals surface area contributed by atoms with Crippen LogP contribution >= 0.6 is 11.8 Å². The summed E-state index contributed by atoms with van der Waals surface area (Å²) in [6.07, 6.45) is 4.73. The molecule has 33 heavy (non-hydrogen) atoms. The van der Waals surface area contributed by atoms with E-state index in [1.807, 2.05) is 48.2 Å². The fourth-order valence-corrected chi connectivity index (χ4v) is 5.62. The first-order valence-corrected chi connectivity index (χ1v) is 13.1. The maximum absolute atomic E-state index is 6.11. The Bertz CT molecular complexity index is 931. The van der Waals surface area contributed by atoms with E-state index in [2.05, 4.69) is 33.0 Å². The zero-order valence-corrected chi connectivity index (χ0v) is 20.3. The minimum atomic E-state index is 0.600. The minimum Gasteiger partial charge on any atom is -0.439 e. The summed E-state index contributed by atoms with van der Waals surface area (Å²) in [5.74, 6) is 3.12. The molecule has 2 aromatic rings. The van der Waals surface area contributed by atoms with Gasteiger partial charge in [0.05, 0.1) is 5.69 Å². The first kappa shape index (κ1) is 22.7. The van der Waals surface area contributed by atoms with E-state index < -0.39 is 0 Å². The molecule has 1 aromatic carbocycles. The van der Waals surface area contributed by atoms with Crippen molar-refractivity contribution < 1.29 is 4.74 Å². The standard InChI is InChI=1S/C25H34N6OS/c1-2-29-10-8-21(9-11-29)30-12-14-31(15-13-30)25-27-20(16-23-18-26-19-33-23)17-24(28-25)32-22-6-4-3-5-7-22/h3-7,16-17,21,26H,2,8-15,18-19H2,1H3. The lowest BCUT2D eigenvalue weighted by Gasteiger charge is -2.42. The number of anilines is 1. The van der Waals surface area contributed by atoms with Gasteiger partial charge in [0.25, 0.3) is 0 Å². The third-order valence-corrected chi connectivity index (χ3v) is 7.74. The van der Waals surface area contributed by atoms with Gasteiger partial charge >= 0.3 is 0 Å². The van der Waals surface area contributed by atoms with Crippen LogP contribution in [-0.2, 0) is 0 Å². The maximum Gasteiger partial charge on any atom is 0.229 e. The van der Waals surface area contributed by atoms with Crippen LogP contribution in [0.1, 0.15) is 25.5 Å². The molecular weight excluding hydrogens is 432 g/mol. The fraction of sp³-hybridized carbons (Fsp3) is 0.520. The number of piperazine rings is 1. The Balaban J connectivity index is 1.29. The average Bonchev–Trinajstić information content (AvgIpc) is 3.38. The SMILES string of the molecule is CCN1CCC(N2CCN(c3nc(C=C4CNCS4)cc(Oc4ccccc4)n3)CC2)CC1. The summed E-state index contributed by atoms with van der Waals surface area (Å²) < 4.78 is 6.11. The Hall–Kier alpha value is -2.13. The second-order valence-electron chi connectivity index (χ2n) is 8.86. The van der Waals surface area contributed by atoms with Gasteiger partial charge in [-0.25, -0.2) is 4.98 Å². The van der Waals surface area contributed by atoms with Crippen molar-refractivity contribution in [3.63, 3.8) is 0 Å². The number of likely N-dealkylation sites (tertiary alicyclic amines) is 1. The molecule has 1 N–H and O–H groups in total.